The van der Waals surface area contributed by atoms with Gasteiger partial charge in [-0.25, -0.2) is 0 Å². The Morgan fingerprint density at radius 2 is 1.95 bits per heavy atom. The maximum Gasteiger partial charge on any atom is 0.267 e. The Bertz CT molecular complexity index is 643. The van der Waals surface area contributed by atoms with Gasteiger partial charge in [-0.05, 0) is 11.4 Å². The number of carbonyl (C=O) groups is 1. The lowest BCUT2D eigenvalue weighted by Gasteiger charge is -2.13. The lowest BCUT2D eigenvalue weighted by molar-refractivity contribution is 0.103. The first-order valence-electron chi connectivity index (χ1n) is 5.62. The standard InChI is InChI=1S/C13H13ClN2O3S/c1-18-10-5-8(15)9(6-11(10)19-2)16-13(17)12-7(14)3-4-20-12/h3-6H,15H2,1-2H3,(H,16,17). The van der Waals surface area contributed by atoms with Crippen molar-refractivity contribution in [3.05, 3.63) is 33.5 Å². The van der Waals surface area contributed by atoms with Gasteiger partial charge in [-0.1, -0.05) is 11.6 Å². The molecule has 20 heavy (non-hydrogen) atoms. The molecule has 106 valence electrons. The van der Waals surface area contributed by atoms with Crippen molar-refractivity contribution in [1.29, 1.82) is 0 Å². The molecule has 0 aliphatic rings. The maximum atomic E-state index is 12.1. The topological polar surface area (TPSA) is 73.6 Å². The number of halogens is 1. The van der Waals surface area contributed by atoms with E-state index in [9.17, 15) is 4.79 Å². The molecule has 0 atom stereocenters. The van der Waals surface area contributed by atoms with E-state index < -0.39 is 0 Å². The lowest BCUT2D eigenvalue weighted by Crippen LogP contribution is -2.12. The van der Waals surface area contributed by atoms with Crippen molar-refractivity contribution < 1.29 is 14.3 Å². The number of carbonyl (C=O) groups excluding carboxylic acids is 1. The number of methoxy groups -OCH3 is 2. The summed E-state index contributed by atoms with van der Waals surface area (Å²) in [5.74, 6) is 0.662. The van der Waals surface area contributed by atoms with Gasteiger partial charge < -0.3 is 20.5 Å². The summed E-state index contributed by atoms with van der Waals surface area (Å²) in [7, 11) is 3.02. The van der Waals surface area contributed by atoms with Gasteiger partial charge in [0.15, 0.2) is 11.5 Å². The Balaban J connectivity index is 2.30. The second-order valence-electron chi connectivity index (χ2n) is 3.85. The van der Waals surface area contributed by atoms with Crippen LogP contribution in [-0.4, -0.2) is 20.1 Å². The molecule has 0 bridgehead atoms. The highest BCUT2D eigenvalue weighted by Gasteiger charge is 2.15. The molecule has 0 unspecified atom stereocenters. The molecule has 2 rings (SSSR count). The minimum Gasteiger partial charge on any atom is -0.493 e. The largest absolute Gasteiger partial charge is 0.493 e. The van der Waals surface area contributed by atoms with Crippen molar-refractivity contribution >= 4 is 40.2 Å². The molecule has 0 saturated heterocycles. The summed E-state index contributed by atoms with van der Waals surface area (Å²) in [5, 5.41) is 4.86. The number of nitrogens with one attached hydrogen (secondary N) is 1. The van der Waals surface area contributed by atoms with E-state index in [0.717, 1.165) is 0 Å². The number of rotatable bonds is 4. The van der Waals surface area contributed by atoms with Gasteiger partial charge in [-0.3, -0.25) is 4.79 Å². The molecule has 7 heteroatoms. The molecule has 1 aromatic heterocycles. The van der Waals surface area contributed by atoms with Crippen LogP contribution in [0.3, 0.4) is 0 Å². The van der Waals surface area contributed by atoms with Crippen LogP contribution in [0.1, 0.15) is 9.67 Å². The Kier molecular flexibility index (Phi) is 4.36. The maximum absolute atomic E-state index is 12.1. The highest BCUT2D eigenvalue weighted by molar-refractivity contribution is 7.12. The highest BCUT2D eigenvalue weighted by atomic mass is 35.5. The van der Waals surface area contributed by atoms with Crippen molar-refractivity contribution in [3.8, 4) is 11.5 Å². The summed E-state index contributed by atoms with van der Waals surface area (Å²) in [4.78, 5) is 12.5. The molecule has 5 nitrogen and oxygen atoms in total. The molecule has 0 spiro atoms. The number of nitrogens with two attached hydrogens (primary N) is 1. The van der Waals surface area contributed by atoms with Gasteiger partial charge in [0.1, 0.15) is 4.88 Å². The molecule has 0 aliphatic heterocycles. The normalized spacial score (nSPS) is 10.2. The monoisotopic (exact) mass is 312 g/mol. The van der Waals surface area contributed by atoms with E-state index in [1.807, 2.05) is 0 Å². The van der Waals surface area contributed by atoms with E-state index in [0.29, 0.717) is 32.8 Å². The zero-order valence-electron chi connectivity index (χ0n) is 10.9. The quantitative estimate of drug-likeness (QED) is 0.850. The van der Waals surface area contributed by atoms with Crippen LogP contribution in [0.5, 0.6) is 11.5 Å². The summed E-state index contributed by atoms with van der Waals surface area (Å²) in [5.41, 5.74) is 6.70. The smallest absolute Gasteiger partial charge is 0.267 e. The number of hydrogen-bond donors (Lipinski definition) is 2. The van der Waals surface area contributed by atoms with Gasteiger partial charge in [0.25, 0.3) is 5.91 Å². The van der Waals surface area contributed by atoms with E-state index in [2.05, 4.69) is 5.32 Å². The average molecular weight is 313 g/mol. The van der Waals surface area contributed by atoms with E-state index in [1.54, 1.807) is 23.6 Å². The zero-order chi connectivity index (χ0) is 14.7. The fourth-order valence-electron chi connectivity index (χ4n) is 1.64. The van der Waals surface area contributed by atoms with E-state index in [-0.39, 0.29) is 5.91 Å². The Morgan fingerprint density at radius 1 is 1.30 bits per heavy atom. The lowest BCUT2D eigenvalue weighted by atomic mass is 10.2. The number of nitrogen functional groups attached to an aromatic ring is 1. The van der Waals surface area contributed by atoms with Gasteiger partial charge in [-0.2, -0.15) is 0 Å². The number of anilines is 2. The second-order valence-corrected chi connectivity index (χ2v) is 5.17. The molecule has 1 aromatic carbocycles. The SMILES string of the molecule is COc1cc(N)c(NC(=O)c2sccc2Cl)cc1OC. The molecular weight excluding hydrogens is 300 g/mol. The third-order valence-electron chi connectivity index (χ3n) is 2.63. The molecule has 2 aromatic rings. The molecule has 1 heterocycles. The highest BCUT2D eigenvalue weighted by Crippen LogP contribution is 2.35. The fourth-order valence-corrected chi connectivity index (χ4v) is 2.67. The van der Waals surface area contributed by atoms with Crippen molar-refractivity contribution in [2.75, 3.05) is 25.3 Å². The Morgan fingerprint density at radius 3 is 2.50 bits per heavy atom. The molecule has 0 saturated carbocycles. The molecule has 0 aliphatic carbocycles. The average Bonchev–Trinajstić information content (AvgIpc) is 2.86. The number of hydrogen-bond acceptors (Lipinski definition) is 5. The Hall–Kier alpha value is -1.92. The van der Waals surface area contributed by atoms with E-state index >= 15 is 0 Å². The van der Waals surface area contributed by atoms with Gasteiger partial charge in [0, 0.05) is 12.1 Å². The summed E-state index contributed by atoms with van der Waals surface area (Å²) in [6.45, 7) is 0. The summed E-state index contributed by atoms with van der Waals surface area (Å²) >= 11 is 7.18. The number of ether oxygens (including phenoxy) is 2. The van der Waals surface area contributed by atoms with Crippen LogP contribution in [0.15, 0.2) is 23.6 Å². The first-order valence-corrected chi connectivity index (χ1v) is 6.88. The van der Waals surface area contributed by atoms with Gasteiger partial charge >= 0.3 is 0 Å². The van der Waals surface area contributed by atoms with Crippen molar-refractivity contribution in [2.24, 2.45) is 0 Å². The predicted molar refractivity (Wildman–Crippen MR) is 81.2 cm³/mol. The molecular formula is C13H13ClN2O3S. The van der Waals surface area contributed by atoms with Crippen LogP contribution in [-0.2, 0) is 0 Å². The van der Waals surface area contributed by atoms with Crippen LogP contribution in [0.25, 0.3) is 0 Å². The zero-order valence-corrected chi connectivity index (χ0v) is 12.5. The predicted octanol–water partition coefficient (Wildman–Crippen LogP) is 3.25. The fraction of sp³-hybridized carbons (Fsp3) is 0.154. The minimum atomic E-state index is -0.316. The summed E-state index contributed by atoms with van der Waals surface area (Å²) in [6, 6.07) is 4.86. The van der Waals surface area contributed by atoms with E-state index in [4.69, 9.17) is 26.8 Å². The first-order chi connectivity index (χ1) is 9.56. The van der Waals surface area contributed by atoms with Crippen LogP contribution in [0.2, 0.25) is 5.02 Å². The first kappa shape index (κ1) is 14.5. The molecule has 3 N–H and O–H groups in total. The van der Waals surface area contributed by atoms with Crippen LogP contribution < -0.4 is 20.5 Å². The van der Waals surface area contributed by atoms with Crippen molar-refractivity contribution in [2.45, 2.75) is 0 Å². The van der Waals surface area contributed by atoms with E-state index in [1.165, 1.54) is 25.6 Å². The third-order valence-corrected chi connectivity index (χ3v) is 3.97. The molecule has 0 fully saturated rings. The van der Waals surface area contributed by atoms with Crippen LogP contribution >= 0.6 is 22.9 Å². The van der Waals surface area contributed by atoms with Gasteiger partial charge in [-0.15, -0.1) is 11.3 Å². The van der Waals surface area contributed by atoms with Gasteiger partial charge in [0.05, 0.1) is 30.6 Å². The number of amides is 1. The summed E-state index contributed by atoms with van der Waals surface area (Å²) < 4.78 is 10.3. The van der Waals surface area contributed by atoms with Crippen molar-refractivity contribution in [1.82, 2.24) is 0 Å². The molecule has 1 amide bonds. The van der Waals surface area contributed by atoms with Crippen molar-refractivity contribution in [3.63, 3.8) is 0 Å². The van der Waals surface area contributed by atoms with Gasteiger partial charge in [0.2, 0.25) is 0 Å². The van der Waals surface area contributed by atoms with Crippen LogP contribution in [0, 0.1) is 0 Å². The Labute approximate surface area is 125 Å². The summed E-state index contributed by atoms with van der Waals surface area (Å²) in [6.07, 6.45) is 0. The van der Waals surface area contributed by atoms with Crippen LogP contribution in [0.4, 0.5) is 11.4 Å². The third kappa shape index (κ3) is 2.81. The minimum absolute atomic E-state index is 0.316. The number of benzene rings is 1. The number of thiophene rings is 1. The molecule has 0 radical (unpaired) electrons. The second kappa shape index (κ2) is 6.02.